The van der Waals surface area contributed by atoms with Crippen LogP contribution in [0.1, 0.15) is 29.7 Å². The standard InChI is InChI=1S/C12H17NO3/c1-8-7-13-9(2)10(8)12(11(14)15)3-5-16-6-4-12/h7,13H,3-6H2,1-2H3,(H,14,15). The van der Waals surface area contributed by atoms with Crippen molar-refractivity contribution in [2.45, 2.75) is 32.1 Å². The van der Waals surface area contributed by atoms with Gasteiger partial charge in [-0.05, 0) is 37.8 Å². The maximum absolute atomic E-state index is 11.6. The normalized spacial score (nSPS) is 19.6. The average molecular weight is 223 g/mol. The molecule has 0 bridgehead atoms. The molecule has 0 aromatic carbocycles. The van der Waals surface area contributed by atoms with E-state index in [1.807, 2.05) is 20.0 Å². The number of carboxylic acid groups (broad SMARTS) is 1. The Morgan fingerprint density at radius 1 is 1.44 bits per heavy atom. The number of aliphatic carboxylic acids is 1. The van der Waals surface area contributed by atoms with Gasteiger partial charge in [0.1, 0.15) is 0 Å². The molecular weight excluding hydrogens is 206 g/mol. The van der Waals surface area contributed by atoms with Crippen LogP contribution in [-0.2, 0) is 14.9 Å². The lowest BCUT2D eigenvalue weighted by molar-refractivity contribution is -0.147. The Kier molecular flexibility index (Phi) is 2.76. The molecule has 1 aromatic rings. The van der Waals surface area contributed by atoms with E-state index in [4.69, 9.17) is 4.74 Å². The van der Waals surface area contributed by atoms with E-state index in [2.05, 4.69) is 4.98 Å². The summed E-state index contributed by atoms with van der Waals surface area (Å²) in [4.78, 5) is 14.7. The fraction of sp³-hybridized carbons (Fsp3) is 0.583. The predicted octanol–water partition coefficient (Wildman–Crippen LogP) is 1.76. The van der Waals surface area contributed by atoms with Gasteiger partial charge >= 0.3 is 5.97 Å². The third-order valence-corrected chi connectivity index (χ3v) is 3.51. The van der Waals surface area contributed by atoms with Crippen molar-refractivity contribution in [2.24, 2.45) is 0 Å². The Hall–Kier alpha value is -1.29. The molecular formula is C12H17NO3. The molecule has 4 heteroatoms. The first-order chi connectivity index (χ1) is 7.58. The summed E-state index contributed by atoms with van der Waals surface area (Å²) < 4.78 is 5.28. The van der Waals surface area contributed by atoms with Crippen LogP contribution in [0.25, 0.3) is 0 Å². The van der Waals surface area contributed by atoms with E-state index < -0.39 is 11.4 Å². The van der Waals surface area contributed by atoms with Gasteiger partial charge in [-0.2, -0.15) is 0 Å². The molecule has 2 rings (SSSR count). The highest BCUT2D eigenvalue weighted by Crippen LogP contribution is 2.38. The predicted molar refractivity (Wildman–Crippen MR) is 59.6 cm³/mol. The third kappa shape index (κ3) is 1.53. The van der Waals surface area contributed by atoms with Gasteiger partial charge < -0.3 is 14.8 Å². The Labute approximate surface area is 94.6 Å². The van der Waals surface area contributed by atoms with Gasteiger partial charge in [-0.15, -0.1) is 0 Å². The third-order valence-electron chi connectivity index (χ3n) is 3.51. The molecule has 1 aliphatic heterocycles. The zero-order chi connectivity index (χ0) is 11.8. The molecule has 1 aliphatic rings. The molecule has 2 heterocycles. The number of rotatable bonds is 2. The zero-order valence-corrected chi connectivity index (χ0v) is 9.67. The van der Waals surface area contributed by atoms with Crippen molar-refractivity contribution >= 4 is 5.97 Å². The summed E-state index contributed by atoms with van der Waals surface area (Å²) in [7, 11) is 0. The smallest absolute Gasteiger partial charge is 0.314 e. The minimum atomic E-state index is -0.758. The molecule has 0 saturated carbocycles. The molecule has 1 aromatic heterocycles. The van der Waals surface area contributed by atoms with E-state index in [0.29, 0.717) is 26.1 Å². The van der Waals surface area contributed by atoms with Crippen LogP contribution in [0.3, 0.4) is 0 Å². The van der Waals surface area contributed by atoms with Gasteiger partial charge in [-0.3, -0.25) is 4.79 Å². The van der Waals surface area contributed by atoms with Crippen LogP contribution in [0.15, 0.2) is 6.20 Å². The van der Waals surface area contributed by atoms with E-state index in [-0.39, 0.29) is 0 Å². The lowest BCUT2D eigenvalue weighted by atomic mass is 9.73. The van der Waals surface area contributed by atoms with Crippen LogP contribution in [-0.4, -0.2) is 29.3 Å². The monoisotopic (exact) mass is 223 g/mol. The molecule has 0 radical (unpaired) electrons. The highest BCUT2D eigenvalue weighted by atomic mass is 16.5. The highest BCUT2D eigenvalue weighted by molar-refractivity contribution is 5.82. The molecule has 16 heavy (non-hydrogen) atoms. The SMILES string of the molecule is Cc1c[nH]c(C)c1C1(C(=O)O)CCOCC1. The molecule has 0 unspecified atom stereocenters. The average Bonchev–Trinajstić information content (AvgIpc) is 2.60. The van der Waals surface area contributed by atoms with Crippen LogP contribution >= 0.6 is 0 Å². The molecule has 1 saturated heterocycles. The van der Waals surface area contributed by atoms with E-state index in [1.165, 1.54) is 0 Å². The van der Waals surface area contributed by atoms with E-state index in [1.54, 1.807) is 0 Å². The van der Waals surface area contributed by atoms with E-state index in [9.17, 15) is 9.90 Å². The topological polar surface area (TPSA) is 62.3 Å². The Morgan fingerprint density at radius 2 is 2.06 bits per heavy atom. The molecule has 4 nitrogen and oxygen atoms in total. The number of nitrogens with one attached hydrogen (secondary N) is 1. The summed E-state index contributed by atoms with van der Waals surface area (Å²) in [6.45, 7) is 4.94. The van der Waals surface area contributed by atoms with Gasteiger partial charge in [0.05, 0.1) is 5.41 Å². The Morgan fingerprint density at radius 3 is 2.50 bits per heavy atom. The lowest BCUT2D eigenvalue weighted by Crippen LogP contribution is -2.42. The quantitative estimate of drug-likeness (QED) is 0.803. The van der Waals surface area contributed by atoms with Crippen molar-refractivity contribution in [1.29, 1.82) is 0 Å². The number of ether oxygens (including phenoxy) is 1. The summed E-state index contributed by atoms with van der Waals surface area (Å²) in [5, 5.41) is 9.54. The summed E-state index contributed by atoms with van der Waals surface area (Å²) in [6, 6.07) is 0. The minimum absolute atomic E-state index is 0.524. The number of carboxylic acids is 1. The van der Waals surface area contributed by atoms with Crippen LogP contribution in [0.4, 0.5) is 0 Å². The maximum Gasteiger partial charge on any atom is 0.314 e. The van der Waals surface area contributed by atoms with Crippen LogP contribution < -0.4 is 0 Å². The van der Waals surface area contributed by atoms with Crippen molar-refractivity contribution < 1.29 is 14.6 Å². The molecule has 1 fully saturated rings. The van der Waals surface area contributed by atoms with Gasteiger partial charge in [-0.25, -0.2) is 0 Å². The van der Waals surface area contributed by atoms with Crippen molar-refractivity contribution in [3.63, 3.8) is 0 Å². The van der Waals surface area contributed by atoms with Gasteiger partial charge in [0.2, 0.25) is 0 Å². The zero-order valence-electron chi connectivity index (χ0n) is 9.67. The number of hydrogen-bond donors (Lipinski definition) is 2. The van der Waals surface area contributed by atoms with Crippen LogP contribution in [0, 0.1) is 13.8 Å². The van der Waals surface area contributed by atoms with Gasteiger partial charge in [0.25, 0.3) is 0 Å². The second kappa shape index (κ2) is 3.94. The summed E-state index contributed by atoms with van der Waals surface area (Å²) in [5.41, 5.74) is 2.18. The van der Waals surface area contributed by atoms with Crippen LogP contribution in [0.2, 0.25) is 0 Å². The van der Waals surface area contributed by atoms with Crippen molar-refractivity contribution in [3.8, 4) is 0 Å². The highest BCUT2D eigenvalue weighted by Gasteiger charge is 2.44. The molecule has 0 amide bonds. The fourth-order valence-corrected chi connectivity index (χ4v) is 2.68. The summed E-state index contributed by atoms with van der Waals surface area (Å²) in [5.74, 6) is -0.735. The molecule has 2 N–H and O–H groups in total. The van der Waals surface area contributed by atoms with Gasteiger partial charge in [0.15, 0.2) is 0 Å². The van der Waals surface area contributed by atoms with E-state index >= 15 is 0 Å². The first-order valence-electron chi connectivity index (χ1n) is 5.54. The molecule has 88 valence electrons. The number of aromatic amines is 1. The number of aryl methyl sites for hydroxylation is 2. The summed E-state index contributed by atoms with van der Waals surface area (Å²) >= 11 is 0. The van der Waals surface area contributed by atoms with Crippen molar-refractivity contribution in [3.05, 3.63) is 23.0 Å². The van der Waals surface area contributed by atoms with Gasteiger partial charge in [0, 0.05) is 25.1 Å². The molecule has 0 atom stereocenters. The number of hydrogen-bond acceptors (Lipinski definition) is 2. The second-order valence-electron chi connectivity index (χ2n) is 4.47. The Balaban J connectivity index is 2.51. The fourth-order valence-electron chi connectivity index (χ4n) is 2.68. The first-order valence-corrected chi connectivity index (χ1v) is 5.54. The number of carbonyl (C=O) groups is 1. The Bertz CT molecular complexity index is 383. The maximum atomic E-state index is 11.6. The molecule has 0 spiro atoms. The largest absolute Gasteiger partial charge is 0.481 e. The van der Waals surface area contributed by atoms with E-state index in [0.717, 1.165) is 16.8 Å². The van der Waals surface area contributed by atoms with Crippen molar-refractivity contribution in [2.75, 3.05) is 13.2 Å². The molecule has 0 aliphatic carbocycles. The summed E-state index contributed by atoms with van der Waals surface area (Å²) in [6.07, 6.45) is 2.99. The second-order valence-corrected chi connectivity index (χ2v) is 4.47. The lowest BCUT2D eigenvalue weighted by Gasteiger charge is -2.34. The van der Waals surface area contributed by atoms with Crippen molar-refractivity contribution in [1.82, 2.24) is 4.98 Å². The number of aromatic nitrogens is 1. The van der Waals surface area contributed by atoms with Crippen LogP contribution in [0.5, 0.6) is 0 Å². The van der Waals surface area contributed by atoms with Gasteiger partial charge in [-0.1, -0.05) is 0 Å². The number of H-pyrrole nitrogens is 1. The minimum Gasteiger partial charge on any atom is -0.481 e. The first kappa shape index (κ1) is 11.2.